The van der Waals surface area contributed by atoms with Gasteiger partial charge in [-0.1, -0.05) is 11.6 Å². The molecule has 3 aliphatic heterocycles. The average Bonchev–Trinajstić information content (AvgIpc) is 3.65. The summed E-state index contributed by atoms with van der Waals surface area (Å²) in [5.41, 5.74) is 1.62. The lowest BCUT2D eigenvalue weighted by Crippen LogP contribution is -2.63. The number of thioether (sulfide) groups is 1. The van der Waals surface area contributed by atoms with Crippen molar-refractivity contribution in [2.75, 3.05) is 38.2 Å². The van der Waals surface area contributed by atoms with Crippen LogP contribution in [0.3, 0.4) is 0 Å². The molecule has 0 N–H and O–H groups in total. The molecule has 6 rings (SSSR count). The number of methoxy groups -OCH3 is 1. The number of fused-ring (bicyclic) bond motifs is 2. The van der Waals surface area contributed by atoms with Crippen molar-refractivity contribution in [3.63, 3.8) is 0 Å². The molecule has 198 valence electrons. The van der Waals surface area contributed by atoms with Gasteiger partial charge in [0.25, 0.3) is 5.91 Å². The van der Waals surface area contributed by atoms with Gasteiger partial charge < -0.3 is 14.5 Å². The third-order valence-corrected chi connectivity index (χ3v) is 9.03. The van der Waals surface area contributed by atoms with E-state index >= 15 is 0 Å². The number of urea groups is 1. The smallest absolute Gasteiger partial charge is 0.332 e. The maximum atomic E-state index is 14.2. The molecule has 2 atom stereocenters. The van der Waals surface area contributed by atoms with Gasteiger partial charge in [0, 0.05) is 42.2 Å². The predicted octanol–water partition coefficient (Wildman–Crippen LogP) is 4.16. The van der Waals surface area contributed by atoms with Crippen molar-refractivity contribution in [2.24, 2.45) is 7.05 Å². The first-order valence-electron chi connectivity index (χ1n) is 12.4. The molecule has 2 unspecified atom stereocenters. The normalized spacial score (nSPS) is 21.9. The fourth-order valence-electron chi connectivity index (χ4n) is 5.44. The summed E-state index contributed by atoms with van der Waals surface area (Å²) in [6.45, 7) is 3.17. The van der Waals surface area contributed by atoms with Crippen LogP contribution in [0.4, 0.5) is 14.9 Å². The third-order valence-electron chi connectivity index (χ3n) is 7.37. The molecule has 0 radical (unpaired) electrons. The Hall–Kier alpha value is -3.15. The van der Waals surface area contributed by atoms with Crippen molar-refractivity contribution in [1.29, 1.82) is 0 Å². The molecule has 0 saturated carbocycles. The quantitative estimate of drug-likeness (QED) is 0.451. The van der Waals surface area contributed by atoms with Gasteiger partial charge >= 0.3 is 6.03 Å². The highest BCUT2D eigenvalue weighted by molar-refractivity contribution is 8.09. The molecule has 0 bridgehead atoms. The summed E-state index contributed by atoms with van der Waals surface area (Å²) in [6, 6.07) is 1.87. The molecular weight excluding hydrogens is 531 g/mol. The number of ether oxygens (including phenoxy) is 1. The number of carbonyl (C=O) groups is 2. The highest BCUT2D eigenvalue weighted by Gasteiger charge is 2.50. The summed E-state index contributed by atoms with van der Waals surface area (Å²) < 4.78 is 21.0. The Labute approximate surface area is 228 Å². The molecule has 2 aromatic heterocycles. The number of benzene rings is 1. The van der Waals surface area contributed by atoms with Crippen LogP contribution in [0.5, 0.6) is 5.75 Å². The van der Waals surface area contributed by atoms with E-state index in [2.05, 4.69) is 15.0 Å². The second-order valence-electron chi connectivity index (χ2n) is 9.59. The largest absolute Gasteiger partial charge is 0.494 e. The van der Waals surface area contributed by atoms with Gasteiger partial charge in [-0.2, -0.15) is 5.10 Å². The minimum atomic E-state index is -0.600. The van der Waals surface area contributed by atoms with Gasteiger partial charge in [0.05, 0.1) is 41.8 Å². The predicted molar refractivity (Wildman–Crippen MR) is 145 cm³/mol. The van der Waals surface area contributed by atoms with Gasteiger partial charge in [0.1, 0.15) is 5.25 Å². The zero-order valence-corrected chi connectivity index (χ0v) is 22.5. The van der Waals surface area contributed by atoms with Gasteiger partial charge in [0.15, 0.2) is 11.6 Å². The monoisotopic (exact) mass is 556 g/mol. The molecule has 0 spiro atoms. The first kappa shape index (κ1) is 25.1. The Kier molecular flexibility index (Phi) is 6.53. The lowest BCUT2D eigenvalue weighted by atomic mass is 10.0. The maximum absolute atomic E-state index is 14.2. The van der Waals surface area contributed by atoms with Crippen LogP contribution in [-0.2, 0) is 11.8 Å². The van der Waals surface area contributed by atoms with Gasteiger partial charge in [-0.25, -0.2) is 14.1 Å². The van der Waals surface area contributed by atoms with E-state index in [-0.39, 0.29) is 16.7 Å². The third kappa shape index (κ3) is 4.13. The number of rotatable bonds is 6. The molecule has 3 aromatic rings. The maximum Gasteiger partial charge on any atom is 0.332 e. The van der Waals surface area contributed by atoms with Gasteiger partial charge in [-0.05, 0) is 44.1 Å². The molecule has 5 heterocycles. The highest BCUT2D eigenvalue weighted by Crippen LogP contribution is 2.48. The number of hydrogen-bond donors (Lipinski definition) is 0. The van der Waals surface area contributed by atoms with Crippen LogP contribution < -0.4 is 9.64 Å². The Bertz CT molecular complexity index is 1470. The molecule has 2 saturated heterocycles. The van der Waals surface area contributed by atoms with Crippen LogP contribution in [0.2, 0.25) is 5.02 Å². The number of hydrogen-bond acceptors (Lipinski definition) is 7. The fourth-order valence-corrected chi connectivity index (χ4v) is 7.11. The lowest BCUT2D eigenvalue weighted by molar-refractivity contribution is -0.119. The van der Waals surface area contributed by atoms with Crippen molar-refractivity contribution >= 4 is 56.8 Å². The van der Waals surface area contributed by atoms with Gasteiger partial charge in [0.2, 0.25) is 0 Å². The van der Waals surface area contributed by atoms with Crippen LogP contribution in [0.1, 0.15) is 18.4 Å². The number of imide groups is 1. The molecule has 0 aliphatic carbocycles. The topological polar surface area (TPSA) is 83.8 Å². The summed E-state index contributed by atoms with van der Waals surface area (Å²) in [5, 5.41) is 4.64. The fraction of sp³-hybridized carbons (Fsp3) is 0.385. The minimum Gasteiger partial charge on any atom is -0.494 e. The van der Waals surface area contributed by atoms with Crippen LogP contribution in [-0.4, -0.2) is 81.1 Å². The standard InChI is InChI=1S/C26H26ClFN6O3S/c1-31-23-15(13-30-31)12-29-14-20(23)34-25(35)24-19(33(26(34)36)8-7-32-5-3-4-6-32)11-22(38-24)16-9-21(37-2)18(28)10-17(16)27/h9-14,19,24H,3-8H2,1-2H3. The number of anilines is 1. The molecule has 12 heteroatoms. The van der Waals surface area contributed by atoms with Crippen molar-refractivity contribution in [3.8, 4) is 5.75 Å². The first-order chi connectivity index (χ1) is 18.4. The van der Waals surface area contributed by atoms with E-state index in [1.54, 1.807) is 29.0 Å². The van der Waals surface area contributed by atoms with E-state index in [1.165, 1.54) is 42.1 Å². The molecular formula is C26H26ClFN6O3S. The molecule has 3 aliphatic rings. The number of likely N-dealkylation sites (tertiary alicyclic amines) is 1. The number of carbonyl (C=O) groups excluding carboxylic acids is 2. The Morgan fingerprint density at radius 1 is 1.16 bits per heavy atom. The molecule has 1 aromatic carbocycles. The molecule has 9 nitrogen and oxygen atoms in total. The summed E-state index contributed by atoms with van der Waals surface area (Å²) in [6.07, 6.45) is 9.04. The Morgan fingerprint density at radius 3 is 2.71 bits per heavy atom. The molecule has 2 fully saturated rings. The summed E-state index contributed by atoms with van der Waals surface area (Å²) in [5.74, 6) is -0.845. The van der Waals surface area contributed by atoms with E-state index in [0.717, 1.165) is 31.3 Å². The minimum absolute atomic E-state index is 0.0599. The van der Waals surface area contributed by atoms with Gasteiger partial charge in [-0.3, -0.25) is 14.5 Å². The summed E-state index contributed by atoms with van der Waals surface area (Å²) >= 11 is 7.76. The lowest BCUT2D eigenvalue weighted by Gasteiger charge is -2.41. The van der Waals surface area contributed by atoms with Crippen molar-refractivity contribution < 1.29 is 18.7 Å². The van der Waals surface area contributed by atoms with E-state index in [1.807, 2.05) is 6.08 Å². The first-order valence-corrected chi connectivity index (χ1v) is 13.7. The molecule has 38 heavy (non-hydrogen) atoms. The van der Waals surface area contributed by atoms with Crippen molar-refractivity contribution in [3.05, 3.63) is 53.2 Å². The highest BCUT2D eigenvalue weighted by atomic mass is 35.5. The number of halogens is 2. The number of amides is 3. The van der Waals surface area contributed by atoms with Crippen LogP contribution >= 0.6 is 23.4 Å². The summed E-state index contributed by atoms with van der Waals surface area (Å²) in [7, 11) is 3.16. The van der Waals surface area contributed by atoms with E-state index in [9.17, 15) is 14.0 Å². The molecule has 3 amide bonds. The number of aryl methyl sites for hydroxylation is 1. The van der Waals surface area contributed by atoms with Crippen molar-refractivity contribution in [2.45, 2.75) is 24.1 Å². The second kappa shape index (κ2) is 9.87. The van der Waals surface area contributed by atoms with E-state index in [0.29, 0.717) is 34.8 Å². The zero-order valence-electron chi connectivity index (χ0n) is 20.9. The average molecular weight is 557 g/mol. The SMILES string of the molecule is COc1cc(C2=CC3C(S2)C(=O)N(c2cncc4cnn(C)c24)C(=O)N3CCN2CCCC2)c(Cl)cc1F. The number of pyridine rings is 1. The van der Waals surface area contributed by atoms with E-state index < -0.39 is 23.1 Å². The van der Waals surface area contributed by atoms with Crippen LogP contribution in [0.25, 0.3) is 15.8 Å². The van der Waals surface area contributed by atoms with E-state index in [4.69, 9.17) is 16.3 Å². The van der Waals surface area contributed by atoms with Crippen LogP contribution in [0, 0.1) is 5.82 Å². The Balaban J connectivity index is 1.41. The van der Waals surface area contributed by atoms with Gasteiger partial charge in [-0.15, -0.1) is 11.8 Å². The number of nitrogens with zero attached hydrogens (tertiary/aromatic N) is 6. The van der Waals surface area contributed by atoms with Crippen molar-refractivity contribution in [1.82, 2.24) is 24.6 Å². The summed E-state index contributed by atoms with van der Waals surface area (Å²) in [4.78, 5) is 38.3. The number of aromatic nitrogens is 3. The van der Waals surface area contributed by atoms with Crippen LogP contribution in [0.15, 0.2) is 36.8 Å². The Morgan fingerprint density at radius 2 is 1.95 bits per heavy atom. The zero-order chi connectivity index (χ0) is 26.6. The second-order valence-corrected chi connectivity index (χ2v) is 11.2.